The second kappa shape index (κ2) is 17.8. The second-order valence-corrected chi connectivity index (χ2v) is 11.2. The summed E-state index contributed by atoms with van der Waals surface area (Å²) >= 11 is 1.71. The number of aryl methyl sites for hydroxylation is 1. The molecular formula is C33H47N2O2S+. The van der Waals surface area contributed by atoms with E-state index < -0.39 is 0 Å². The first kappa shape index (κ1) is 29.9. The van der Waals surface area contributed by atoms with Crippen LogP contribution in [-0.2, 0) is 17.8 Å². The molecule has 5 heteroatoms. The molecule has 2 aromatic carbocycles. The number of ether oxygens (including phenoxy) is 1. The Kier molecular flexibility index (Phi) is 14.0. The zero-order valence-electron chi connectivity index (χ0n) is 23.6. The van der Waals surface area contributed by atoms with Crippen LogP contribution in [-0.4, -0.2) is 12.5 Å². The van der Waals surface area contributed by atoms with Gasteiger partial charge in [-0.05, 0) is 36.2 Å². The SMILES string of the molecule is CCCCCCCCCCCCCCOc1cccc(CC(=O)Nc2ccc(C[n+]3cscc3C)cc2)c1. The summed E-state index contributed by atoms with van der Waals surface area (Å²) in [5.41, 5.74) is 6.39. The van der Waals surface area contributed by atoms with Gasteiger partial charge in [0.05, 0.1) is 18.4 Å². The van der Waals surface area contributed by atoms with Gasteiger partial charge in [-0.15, -0.1) is 0 Å². The van der Waals surface area contributed by atoms with Crippen LogP contribution in [0.25, 0.3) is 0 Å². The van der Waals surface area contributed by atoms with Gasteiger partial charge in [0.15, 0.2) is 12.2 Å². The summed E-state index contributed by atoms with van der Waals surface area (Å²) in [7, 11) is 0. The number of carbonyl (C=O) groups is 1. The minimum Gasteiger partial charge on any atom is -0.494 e. The Morgan fingerprint density at radius 2 is 1.50 bits per heavy atom. The van der Waals surface area contributed by atoms with Gasteiger partial charge in [-0.1, -0.05) is 113 Å². The van der Waals surface area contributed by atoms with Crippen LogP contribution in [0.15, 0.2) is 59.4 Å². The first-order chi connectivity index (χ1) is 18.6. The number of aromatic nitrogens is 1. The summed E-state index contributed by atoms with van der Waals surface area (Å²) in [4.78, 5) is 12.6. The molecule has 3 aromatic rings. The molecule has 0 bridgehead atoms. The molecule has 0 saturated heterocycles. The number of carbonyl (C=O) groups excluding carboxylic acids is 1. The summed E-state index contributed by atoms with van der Waals surface area (Å²) in [6.45, 7) is 5.97. The zero-order chi connectivity index (χ0) is 26.8. The maximum atomic E-state index is 12.6. The highest BCUT2D eigenvalue weighted by molar-refractivity contribution is 7.07. The van der Waals surface area contributed by atoms with Crippen molar-refractivity contribution in [3.05, 3.63) is 76.2 Å². The lowest BCUT2D eigenvalue weighted by Gasteiger charge is -2.09. The van der Waals surface area contributed by atoms with Crippen LogP contribution in [0.1, 0.15) is 101 Å². The van der Waals surface area contributed by atoms with Gasteiger partial charge in [0.25, 0.3) is 0 Å². The van der Waals surface area contributed by atoms with E-state index in [0.717, 1.165) is 36.6 Å². The molecule has 0 aliphatic heterocycles. The van der Waals surface area contributed by atoms with Crippen molar-refractivity contribution >= 4 is 22.9 Å². The van der Waals surface area contributed by atoms with Crippen LogP contribution in [0.2, 0.25) is 0 Å². The molecule has 4 nitrogen and oxygen atoms in total. The van der Waals surface area contributed by atoms with Crippen LogP contribution >= 0.6 is 11.3 Å². The molecule has 0 aliphatic rings. The predicted octanol–water partition coefficient (Wildman–Crippen LogP) is 8.65. The molecule has 1 heterocycles. The summed E-state index contributed by atoms with van der Waals surface area (Å²) in [5, 5.41) is 5.17. The first-order valence-corrected chi connectivity index (χ1v) is 15.6. The maximum Gasteiger partial charge on any atom is 0.228 e. The van der Waals surface area contributed by atoms with Gasteiger partial charge in [0, 0.05) is 18.2 Å². The van der Waals surface area contributed by atoms with Crippen LogP contribution in [0.5, 0.6) is 5.75 Å². The number of rotatable bonds is 19. The maximum absolute atomic E-state index is 12.6. The number of amides is 1. The van der Waals surface area contributed by atoms with Crippen molar-refractivity contribution < 1.29 is 14.1 Å². The third-order valence-corrected chi connectivity index (χ3v) is 7.85. The summed E-state index contributed by atoms with van der Waals surface area (Å²) in [6.07, 6.45) is 16.4. The third kappa shape index (κ3) is 11.8. The fraction of sp³-hybridized carbons (Fsp3) is 0.515. The minimum absolute atomic E-state index is 0.0149. The lowest BCUT2D eigenvalue weighted by Crippen LogP contribution is -2.34. The predicted molar refractivity (Wildman–Crippen MR) is 160 cm³/mol. The van der Waals surface area contributed by atoms with E-state index in [4.69, 9.17) is 4.74 Å². The van der Waals surface area contributed by atoms with E-state index in [-0.39, 0.29) is 5.91 Å². The van der Waals surface area contributed by atoms with E-state index in [1.165, 1.54) is 81.9 Å². The van der Waals surface area contributed by atoms with Gasteiger partial charge in [-0.25, -0.2) is 0 Å². The van der Waals surface area contributed by atoms with Gasteiger partial charge in [0.1, 0.15) is 5.75 Å². The van der Waals surface area contributed by atoms with Gasteiger partial charge < -0.3 is 10.1 Å². The monoisotopic (exact) mass is 535 g/mol. The molecule has 206 valence electrons. The highest BCUT2D eigenvalue weighted by Gasteiger charge is 2.09. The number of nitrogens with one attached hydrogen (secondary N) is 1. The Hall–Kier alpha value is -2.66. The Morgan fingerprint density at radius 1 is 0.842 bits per heavy atom. The Balaban J connectivity index is 1.27. The van der Waals surface area contributed by atoms with Gasteiger partial charge in [0.2, 0.25) is 11.4 Å². The largest absolute Gasteiger partial charge is 0.494 e. The number of benzene rings is 2. The van der Waals surface area contributed by atoms with Crippen LogP contribution < -0.4 is 14.6 Å². The molecule has 0 spiro atoms. The molecule has 0 aliphatic carbocycles. The Labute approximate surface area is 234 Å². The molecule has 1 aromatic heterocycles. The first-order valence-electron chi connectivity index (χ1n) is 14.7. The van der Waals surface area contributed by atoms with Crippen molar-refractivity contribution in [3.63, 3.8) is 0 Å². The fourth-order valence-electron chi connectivity index (χ4n) is 4.67. The van der Waals surface area contributed by atoms with E-state index in [0.29, 0.717) is 6.42 Å². The van der Waals surface area contributed by atoms with E-state index in [2.05, 4.69) is 46.8 Å². The molecular weight excluding hydrogens is 488 g/mol. The zero-order valence-corrected chi connectivity index (χ0v) is 24.4. The average Bonchev–Trinajstić information content (AvgIpc) is 3.32. The number of anilines is 1. The summed E-state index contributed by atoms with van der Waals surface area (Å²) in [5.74, 6) is 0.836. The molecule has 38 heavy (non-hydrogen) atoms. The van der Waals surface area contributed by atoms with Crippen molar-refractivity contribution in [1.82, 2.24) is 0 Å². The molecule has 0 saturated carbocycles. The molecule has 0 atom stereocenters. The highest BCUT2D eigenvalue weighted by atomic mass is 32.1. The van der Waals surface area contributed by atoms with Crippen molar-refractivity contribution in [2.75, 3.05) is 11.9 Å². The fourth-order valence-corrected chi connectivity index (χ4v) is 5.46. The molecule has 1 N–H and O–H groups in total. The smallest absolute Gasteiger partial charge is 0.228 e. The number of thiazole rings is 1. The van der Waals surface area contributed by atoms with Gasteiger partial charge in [-0.3, -0.25) is 4.79 Å². The minimum atomic E-state index is -0.0149. The van der Waals surface area contributed by atoms with Crippen LogP contribution in [0, 0.1) is 6.92 Å². The van der Waals surface area contributed by atoms with E-state index >= 15 is 0 Å². The summed E-state index contributed by atoms with van der Waals surface area (Å²) in [6, 6.07) is 16.0. The second-order valence-electron chi connectivity index (χ2n) is 10.4. The Bertz CT molecular complexity index is 1060. The quantitative estimate of drug-likeness (QED) is 0.123. The molecule has 0 fully saturated rings. The summed E-state index contributed by atoms with van der Waals surface area (Å²) < 4.78 is 8.20. The lowest BCUT2D eigenvalue weighted by molar-refractivity contribution is -0.689. The van der Waals surface area contributed by atoms with E-state index in [1.807, 2.05) is 36.4 Å². The van der Waals surface area contributed by atoms with Crippen molar-refractivity contribution in [2.24, 2.45) is 0 Å². The number of nitrogens with zero attached hydrogens (tertiary/aromatic N) is 1. The Morgan fingerprint density at radius 3 is 2.13 bits per heavy atom. The van der Waals surface area contributed by atoms with Crippen molar-refractivity contribution in [2.45, 2.75) is 104 Å². The standard InChI is InChI=1S/C33H46N2O2S/c1-3-4-5-6-7-8-9-10-11-12-13-14-22-37-32-17-15-16-30(23-32)24-33(36)34-31-20-18-29(19-21-31)25-35-27-38-26-28(35)2/h15-21,23,26-27H,3-14,22,24-25H2,1-2H3/p+1. The average molecular weight is 536 g/mol. The van der Waals surface area contributed by atoms with Crippen molar-refractivity contribution in [1.29, 1.82) is 0 Å². The van der Waals surface area contributed by atoms with Crippen molar-refractivity contribution in [3.8, 4) is 5.75 Å². The van der Waals surface area contributed by atoms with E-state index in [1.54, 1.807) is 11.3 Å². The van der Waals surface area contributed by atoms with Crippen LogP contribution in [0.3, 0.4) is 0 Å². The molecule has 0 radical (unpaired) electrons. The van der Waals surface area contributed by atoms with Gasteiger partial charge >= 0.3 is 0 Å². The number of unbranched alkanes of at least 4 members (excludes halogenated alkanes) is 11. The molecule has 3 rings (SSSR count). The van der Waals surface area contributed by atoms with Gasteiger partial charge in [-0.2, -0.15) is 4.57 Å². The number of hydrogen-bond donors (Lipinski definition) is 1. The van der Waals surface area contributed by atoms with Crippen LogP contribution in [0.4, 0.5) is 5.69 Å². The highest BCUT2D eigenvalue weighted by Crippen LogP contribution is 2.17. The number of hydrogen-bond acceptors (Lipinski definition) is 3. The third-order valence-electron chi connectivity index (χ3n) is 7.00. The topological polar surface area (TPSA) is 42.2 Å². The molecule has 1 amide bonds. The lowest BCUT2D eigenvalue weighted by atomic mass is 10.1. The van der Waals surface area contributed by atoms with E-state index in [9.17, 15) is 4.79 Å². The normalized spacial score (nSPS) is 11.0. The molecule has 0 unspecified atom stereocenters.